The van der Waals surface area contributed by atoms with Crippen molar-refractivity contribution < 1.29 is 4.79 Å². The molecule has 0 atom stereocenters. The van der Waals surface area contributed by atoms with Crippen LogP contribution in [0.5, 0.6) is 0 Å². The van der Waals surface area contributed by atoms with Crippen molar-refractivity contribution in [2.24, 2.45) is 0 Å². The number of carbonyl (C=O) groups excluding carboxylic acids is 1. The molecule has 0 aliphatic carbocycles. The fourth-order valence-electron chi connectivity index (χ4n) is 2.74. The summed E-state index contributed by atoms with van der Waals surface area (Å²) in [5.74, 6) is -0.226. The Morgan fingerprint density at radius 2 is 1.83 bits per heavy atom. The van der Waals surface area contributed by atoms with Gasteiger partial charge in [-0.3, -0.25) is 14.2 Å². The van der Waals surface area contributed by atoms with E-state index in [0.717, 1.165) is 11.3 Å². The first-order valence-corrected chi connectivity index (χ1v) is 9.96. The van der Waals surface area contributed by atoms with Crippen molar-refractivity contribution in [3.05, 3.63) is 84.2 Å². The third-order valence-electron chi connectivity index (χ3n) is 4.30. The van der Waals surface area contributed by atoms with Crippen LogP contribution in [0.4, 0.5) is 5.69 Å². The van der Waals surface area contributed by atoms with Crippen LogP contribution in [0.2, 0.25) is 5.02 Å². The second-order valence-electron chi connectivity index (χ2n) is 6.53. The van der Waals surface area contributed by atoms with E-state index in [1.807, 2.05) is 49.3 Å². The van der Waals surface area contributed by atoms with Crippen LogP contribution in [0.25, 0.3) is 12.2 Å². The van der Waals surface area contributed by atoms with Crippen LogP contribution in [0.15, 0.2) is 53.3 Å². The molecule has 0 saturated heterocycles. The third kappa shape index (κ3) is 4.83. The average molecular weight is 424 g/mol. The number of ketones is 1. The van der Waals surface area contributed by atoms with Crippen molar-refractivity contribution >= 4 is 46.6 Å². The van der Waals surface area contributed by atoms with E-state index < -0.39 is 0 Å². The molecule has 1 aromatic heterocycles. The van der Waals surface area contributed by atoms with Gasteiger partial charge in [0.25, 0.3) is 5.56 Å². The van der Waals surface area contributed by atoms with Crippen LogP contribution in [0, 0.1) is 11.3 Å². The van der Waals surface area contributed by atoms with Crippen LogP contribution in [-0.4, -0.2) is 24.4 Å². The van der Waals surface area contributed by atoms with E-state index in [4.69, 9.17) is 16.9 Å². The van der Waals surface area contributed by atoms with E-state index >= 15 is 0 Å². The smallest absolute Gasteiger partial charge is 0.269 e. The number of halogens is 1. The van der Waals surface area contributed by atoms with E-state index in [2.05, 4.69) is 0 Å². The van der Waals surface area contributed by atoms with Crippen LogP contribution in [0.3, 0.4) is 0 Å². The molecule has 7 heteroatoms. The lowest BCUT2D eigenvalue weighted by Crippen LogP contribution is -2.34. The predicted octanol–water partition coefficient (Wildman–Crippen LogP) is 2.64. The molecule has 0 fully saturated rings. The molecule has 0 aliphatic heterocycles. The van der Waals surface area contributed by atoms with E-state index in [1.54, 1.807) is 30.3 Å². The maximum atomic E-state index is 12.9. The van der Waals surface area contributed by atoms with Crippen LogP contribution >= 0.6 is 22.9 Å². The number of thiazole rings is 1. The summed E-state index contributed by atoms with van der Waals surface area (Å²) < 4.78 is 2.24. The molecule has 3 rings (SSSR count). The summed E-state index contributed by atoms with van der Waals surface area (Å²) in [4.78, 5) is 27.5. The second kappa shape index (κ2) is 8.91. The number of Topliss-reactive ketones (excluding diaryl/α,β-unsaturated/α-hetero) is 1. The van der Waals surface area contributed by atoms with Gasteiger partial charge < -0.3 is 4.90 Å². The molecule has 0 radical (unpaired) electrons. The highest BCUT2D eigenvalue weighted by Gasteiger charge is 2.12. The van der Waals surface area contributed by atoms with Crippen LogP contribution in [-0.2, 0) is 6.54 Å². The van der Waals surface area contributed by atoms with Gasteiger partial charge in [0.05, 0.1) is 17.1 Å². The molecule has 0 N–H and O–H groups in total. The van der Waals surface area contributed by atoms with Gasteiger partial charge >= 0.3 is 0 Å². The van der Waals surface area contributed by atoms with Crippen molar-refractivity contribution in [3.8, 4) is 6.07 Å². The number of nitriles is 1. The summed E-state index contributed by atoms with van der Waals surface area (Å²) in [5.41, 5.74) is 2.09. The highest BCUT2D eigenvalue weighted by molar-refractivity contribution is 7.07. The molecule has 146 valence electrons. The molecule has 0 spiro atoms. The van der Waals surface area contributed by atoms with E-state index in [0.29, 0.717) is 19.8 Å². The highest BCUT2D eigenvalue weighted by Crippen LogP contribution is 2.12. The standard InChI is InChI=1S/C22H18ClN3O2S/c1-25(2)18-9-3-15(4-10-18)13-20-22(28)26(21(29-20)11-12-24)14-19(27)16-5-7-17(23)8-6-16/h3-11,13H,14H2,1-2H3/b20-13+,21-11-. The quantitative estimate of drug-likeness (QED) is 0.592. The average Bonchev–Trinajstić information content (AvgIpc) is 2.98. The van der Waals surface area contributed by atoms with Gasteiger partial charge in [-0.15, -0.1) is 11.3 Å². The minimum atomic E-state index is -0.296. The van der Waals surface area contributed by atoms with Crippen LogP contribution < -0.4 is 19.7 Å². The molecular weight excluding hydrogens is 406 g/mol. The van der Waals surface area contributed by atoms with Gasteiger partial charge in [-0.25, -0.2) is 0 Å². The minimum absolute atomic E-state index is 0.141. The Morgan fingerprint density at radius 3 is 2.41 bits per heavy atom. The topological polar surface area (TPSA) is 66.1 Å². The first kappa shape index (κ1) is 20.6. The van der Waals surface area contributed by atoms with Gasteiger partial charge in [0.2, 0.25) is 0 Å². The second-order valence-corrected chi connectivity index (χ2v) is 8.03. The Kier molecular flexibility index (Phi) is 6.32. The van der Waals surface area contributed by atoms with Gasteiger partial charge in [0.15, 0.2) is 5.78 Å². The first-order chi connectivity index (χ1) is 13.9. The number of benzene rings is 2. The Morgan fingerprint density at radius 1 is 1.17 bits per heavy atom. The van der Waals surface area contributed by atoms with Crippen molar-refractivity contribution in [1.29, 1.82) is 5.26 Å². The summed E-state index contributed by atoms with van der Waals surface area (Å²) in [6.07, 6.45) is 3.05. The zero-order valence-corrected chi connectivity index (χ0v) is 17.5. The fraction of sp³-hybridized carbons (Fsp3) is 0.136. The molecule has 3 aromatic rings. The van der Waals surface area contributed by atoms with Gasteiger partial charge in [-0.05, 0) is 48.0 Å². The Hall–Kier alpha value is -3.14. The lowest BCUT2D eigenvalue weighted by Gasteiger charge is -2.11. The number of rotatable bonds is 5. The van der Waals surface area contributed by atoms with Gasteiger partial charge in [-0.1, -0.05) is 23.7 Å². The Labute approximate surface area is 177 Å². The summed E-state index contributed by atoms with van der Waals surface area (Å²) in [6.45, 7) is -0.141. The maximum absolute atomic E-state index is 12.9. The zero-order valence-electron chi connectivity index (χ0n) is 15.9. The number of anilines is 1. The summed E-state index contributed by atoms with van der Waals surface area (Å²) in [7, 11) is 3.91. The number of carbonyl (C=O) groups is 1. The highest BCUT2D eigenvalue weighted by atomic mass is 35.5. The van der Waals surface area contributed by atoms with Crippen LogP contribution in [0.1, 0.15) is 15.9 Å². The minimum Gasteiger partial charge on any atom is -0.378 e. The molecule has 0 aliphatic rings. The molecule has 0 saturated carbocycles. The molecule has 0 amide bonds. The normalized spacial score (nSPS) is 12.1. The van der Waals surface area contributed by atoms with Gasteiger partial charge in [0.1, 0.15) is 4.66 Å². The van der Waals surface area contributed by atoms with Crippen molar-refractivity contribution in [1.82, 2.24) is 4.57 Å². The lowest BCUT2D eigenvalue weighted by molar-refractivity contribution is 0.0970. The Bertz CT molecular complexity index is 1250. The summed E-state index contributed by atoms with van der Waals surface area (Å²) >= 11 is 7.05. The molecule has 29 heavy (non-hydrogen) atoms. The molecule has 0 unspecified atom stereocenters. The fourth-order valence-corrected chi connectivity index (χ4v) is 3.85. The summed E-state index contributed by atoms with van der Waals surface area (Å²) in [6, 6.07) is 16.2. The first-order valence-electron chi connectivity index (χ1n) is 8.76. The van der Waals surface area contributed by atoms with E-state index in [1.165, 1.54) is 22.0 Å². The SMILES string of the molecule is CN(C)c1ccc(/C=c2/s/c(=C\C#N)n(CC(=O)c3ccc(Cl)cc3)c2=O)cc1. The monoisotopic (exact) mass is 423 g/mol. The van der Waals surface area contributed by atoms with E-state index in [9.17, 15) is 9.59 Å². The largest absolute Gasteiger partial charge is 0.378 e. The van der Waals surface area contributed by atoms with Crippen molar-refractivity contribution in [2.45, 2.75) is 6.54 Å². The summed E-state index contributed by atoms with van der Waals surface area (Å²) in [5, 5.41) is 9.60. The molecule has 2 aromatic carbocycles. The predicted molar refractivity (Wildman–Crippen MR) is 118 cm³/mol. The molecule has 5 nitrogen and oxygen atoms in total. The lowest BCUT2D eigenvalue weighted by atomic mass is 10.1. The number of hydrogen-bond acceptors (Lipinski definition) is 5. The number of nitrogens with zero attached hydrogens (tertiary/aromatic N) is 3. The maximum Gasteiger partial charge on any atom is 0.269 e. The van der Waals surface area contributed by atoms with E-state index in [-0.39, 0.29) is 17.9 Å². The van der Waals surface area contributed by atoms with Gasteiger partial charge in [0, 0.05) is 36.4 Å². The zero-order chi connectivity index (χ0) is 21.0. The molecule has 0 bridgehead atoms. The number of hydrogen-bond donors (Lipinski definition) is 0. The third-order valence-corrected chi connectivity index (χ3v) is 5.61. The number of aromatic nitrogens is 1. The molecular formula is C22H18ClN3O2S. The Balaban J connectivity index is 2.00. The van der Waals surface area contributed by atoms with Crippen molar-refractivity contribution in [3.63, 3.8) is 0 Å². The van der Waals surface area contributed by atoms with Gasteiger partial charge in [-0.2, -0.15) is 5.26 Å². The van der Waals surface area contributed by atoms with Crippen molar-refractivity contribution in [2.75, 3.05) is 19.0 Å². The molecule has 1 heterocycles.